The summed E-state index contributed by atoms with van der Waals surface area (Å²) in [6, 6.07) is 1.44. The van der Waals surface area contributed by atoms with Crippen LogP contribution in [0.2, 0.25) is 0 Å². The summed E-state index contributed by atoms with van der Waals surface area (Å²) < 4.78 is 11.5. The molecule has 1 aromatic rings. The number of aliphatic hydroxyl groups excluding tert-OH is 2. The first-order valence-corrected chi connectivity index (χ1v) is 7.52. The van der Waals surface area contributed by atoms with E-state index in [0.29, 0.717) is 6.61 Å². The second-order valence-corrected chi connectivity index (χ2v) is 5.23. The van der Waals surface area contributed by atoms with E-state index in [0.717, 1.165) is 12.8 Å². The summed E-state index contributed by atoms with van der Waals surface area (Å²) in [5.41, 5.74) is -0.632. The molecule has 3 N–H and O–H groups in total. The predicted molar refractivity (Wildman–Crippen MR) is 80.0 cm³/mol. The Hall–Kier alpha value is -1.97. The Morgan fingerprint density at radius 3 is 3.00 bits per heavy atom. The van der Waals surface area contributed by atoms with Gasteiger partial charge in [-0.1, -0.05) is 13.3 Å². The minimum Gasteiger partial charge on any atom is -0.449 e. The summed E-state index contributed by atoms with van der Waals surface area (Å²) in [7, 11) is 0. The molecule has 0 saturated carbocycles. The zero-order chi connectivity index (χ0) is 16.8. The van der Waals surface area contributed by atoms with E-state index in [-0.39, 0.29) is 18.8 Å². The molecule has 2 rings (SSSR count). The fraction of sp³-hybridized carbons (Fsp3) is 0.643. The SMILES string of the molecule is CCCCOC(=O)Nc1ccn([C@H]2C[C@H](O)[C@@H](CO)O2)c(=O)n1. The largest absolute Gasteiger partial charge is 0.449 e. The van der Waals surface area contributed by atoms with Gasteiger partial charge in [-0.25, -0.2) is 9.59 Å². The van der Waals surface area contributed by atoms with Gasteiger partial charge in [-0.2, -0.15) is 4.98 Å². The second kappa shape index (κ2) is 8.04. The lowest BCUT2D eigenvalue weighted by Gasteiger charge is -2.14. The molecule has 1 amide bonds. The molecule has 0 aromatic carbocycles. The molecule has 23 heavy (non-hydrogen) atoms. The molecule has 9 nitrogen and oxygen atoms in total. The maximum absolute atomic E-state index is 12.0. The van der Waals surface area contributed by atoms with Gasteiger partial charge in [0.15, 0.2) is 0 Å². The van der Waals surface area contributed by atoms with Crippen LogP contribution < -0.4 is 11.0 Å². The van der Waals surface area contributed by atoms with Crippen molar-refractivity contribution in [2.24, 2.45) is 0 Å². The predicted octanol–water partition coefficient (Wildman–Crippen LogP) is 0.233. The average molecular weight is 327 g/mol. The monoisotopic (exact) mass is 327 g/mol. The summed E-state index contributed by atoms with van der Waals surface area (Å²) in [5, 5.41) is 21.1. The summed E-state index contributed by atoms with van der Waals surface area (Å²) >= 11 is 0. The number of rotatable bonds is 6. The Kier molecular flexibility index (Phi) is 6.08. The van der Waals surface area contributed by atoms with Gasteiger partial charge in [-0.3, -0.25) is 9.88 Å². The highest BCUT2D eigenvalue weighted by Crippen LogP contribution is 2.27. The van der Waals surface area contributed by atoms with Crippen LogP contribution in [0, 0.1) is 0 Å². The summed E-state index contributed by atoms with van der Waals surface area (Å²) in [5.74, 6) is 0.0741. The second-order valence-electron chi connectivity index (χ2n) is 5.23. The van der Waals surface area contributed by atoms with E-state index in [1.807, 2.05) is 6.92 Å². The number of hydrogen-bond acceptors (Lipinski definition) is 7. The number of hydrogen-bond donors (Lipinski definition) is 3. The number of carbonyl (C=O) groups is 1. The molecule has 1 aromatic heterocycles. The molecule has 1 fully saturated rings. The van der Waals surface area contributed by atoms with Gasteiger partial charge in [-0.15, -0.1) is 0 Å². The van der Waals surface area contributed by atoms with Crippen LogP contribution >= 0.6 is 0 Å². The highest BCUT2D eigenvalue weighted by atomic mass is 16.6. The number of carbonyl (C=O) groups excluding carboxylic acids is 1. The van der Waals surface area contributed by atoms with Crippen molar-refractivity contribution < 1.29 is 24.5 Å². The van der Waals surface area contributed by atoms with Crippen molar-refractivity contribution in [1.29, 1.82) is 0 Å². The van der Waals surface area contributed by atoms with E-state index in [4.69, 9.17) is 14.6 Å². The van der Waals surface area contributed by atoms with E-state index in [1.165, 1.54) is 16.8 Å². The lowest BCUT2D eigenvalue weighted by atomic mass is 10.2. The van der Waals surface area contributed by atoms with Crippen molar-refractivity contribution in [2.75, 3.05) is 18.5 Å². The van der Waals surface area contributed by atoms with E-state index >= 15 is 0 Å². The average Bonchev–Trinajstić information content (AvgIpc) is 2.88. The number of ether oxygens (including phenoxy) is 2. The smallest absolute Gasteiger partial charge is 0.412 e. The third kappa shape index (κ3) is 4.50. The standard InChI is InChI=1S/C14H21N3O6/c1-2-3-6-22-14(21)16-11-4-5-17(13(20)15-11)12-7-9(19)10(8-18)23-12/h4-5,9-10,12,18-19H,2-3,6-8H2,1H3,(H,15,16,20,21)/t9-,10+,12+/m0/s1. The molecule has 0 radical (unpaired) electrons. The molecule has 3 atom stereocenters. The first-order valence-electron chi connectivity index (χ1n) is 7.52. The van der Waals surface area contributed by atoms with Gasteiger partial charge in [0.2, 0.25) is 0 Å². The normalized spacial score (nSPS) is 23.7. The third-order valence-corrected chi connectivity index (χ3v) is 3.49. The van der Waals surface area contributed by atoms with Gasteiger partial charge in [0.25, 0.3) is 0 Å². The fourth-order valence-corrected chi connectivity index (χ4v) is 2.20. The summed E-state index contributed by atoms with van der Waals surface area (Å²) in [6.45, 7) is 1.95. The number of amides is 1. The molecule has 9 heteroatoms. The van der Waals surface area contributed by atoms with Crippen molar-refractivity contribution in [3.63, 3.8) is 0 Å². The lowest BCUT2D eigenvalue weighted by molar-refractivity contribution is -0.0458. The Morgan fingerprint density at radius 1 is 1.61 bits per heavy atom. The number of aromatic nitrogens is 2. The van der Waals surface area contributed by atoms with Crippen LogP contribution in [0.4, 0.5) is 10.6 Å². The first kappa shape index (κ1) is 17.4. The number of nitrogens with zero attached hydrogens (tertiary/aromatic N) is 2. The Bertz CT molecular complexity index is 590. The topological polar surface area (TPSA) is 123 Å². The van der Waals surface area contributed by atoms with Gasteiger partial charge < -0.3 is 19.7 Å². The number of unbranched alkanes of at least 4 members (excludes halogenated alkanes) is 1. The Morgan fingerprint density at radius 2 is 2.39 bits per heavy atom. The fourth-order valence-electron chi connectivity index (χ4n) is 2.20. The van der Waals surface area contributed by atoms with E-state index in [9.17, 15) is 14.7 Å². The molecule has 1 aliphatic heterocycles. The van der Waals surface area contributed by atoms with Crippen LogP contribution in [0.25, 0.3) is 0 Å². The molecule has 0 aliphatic carbocycles. The summed E-state index contributed by atoms with van der Waals surface area (Å²) in [6.07, 6.45) is 0.317. The quantitative estimate of drug-likeness (QED) is 0.639. The van der Waals surface area contributed by atoms with Crippen LogP contribution in [0.15, 0.2) is 17.1 Å². The van der Waals surface area contributed by atoms with Crippen molar-refractivity contribution in [1.82, 2.24) is 9.55 Å². The summed E-state index contributed by atoms with van der Waals surface area (Å²) in [4.78, 5) is 27.2. The number of nitrogens with one attached hydrogen (secondary N) is 1. The van der Waals surface area contributed by atoms with Crippen LogP contribution in [0.1, 0.15) is 32.4 Å². The van der Waals surface area contributed by atoms with Crippen molar-refractivity contribution in [3.8, 4) is 0 Å². The molecule has 0 bridgehead atoms. The molecule has 128 valence electrons. The lowest BCUT2D eigenvalue weighted by Crippen LogP contribution is -2.28. The van der Waals surface area contributed by atoms with Crippen LogP contribution in [-0.2, 0) is 9.47 Å². The number of aliphatic hydroxyl groups is 2. The van der Waals surface area contributed by atoms with E-state index in [1.54, 1.807) is 0 Å². The number of anilines is 1. The van der Waals surface area contributed by atoms with E-state index < -0.39 is 30.2 Å². The maximum atomic E-state index is 12.0. The van der Waals surface area contributed by atoms with Gasteiger partial charge in [0, 0.05) is 12.6 Å². The van der Waals surface area contributed by atoms with Gasteiger partial charge in [0.05, 0.1) is 19.3 Å². The Labute approximate surface area is 132 Å². The highest BCUT2D eigenvalue weighted by Gasteiger charge is 2.34. The van der Waals surface area contributed by atoms with Gasteiger partial charge in [-0.05, 0) is 12.5 Å². The van der Waals surface area contributed by atoms with Gasteiger partial charge >= 0.3 is 11.8 Å². The molecule has 0 spiro atoms. The maximum Gasteiger partial charge on any atom is 0.412 e. The van der Waals surface area contributed by atoms with Crippen molar-refractivity contribution >= 4 is 11.9 Å². The first-order chi connectivity index (χ1) is 11.0. The van der Waals surface area contributed by atoms with Crippen molar-refractivity contribution in [2.45, 2.75) is 44.6 Å². The van der Waals surface area contributed by atoms with E-state index in [2.05, 4.69) is 10.3 Å². The molecular weight excluding hydrogens is 306 g/mol. The van der Waals surface area contributed by atoms with Crippen LogP contribution in [0.3, 0.4) is 0 Å². The minimum atomic E-state index is -0.844. The molecular formula is C14H21N3O6. The van der Waals surface area contributed by atoms with Crippen molar-refractivity contribution in [3.05, 3.63) is 22.7 Å². The van der Waals surface area contributed by atoms with Crippen LogP contribution in [-0.4, -0.2) is 51.3 Å². The third-order valence-electron chi connectivity index (χ3n) is 3.49. The van der Waals surface area contributed by atoms with Crippen LogP contribution in [0.5, 0.6) is 0 Å². The minimum absolute atomic E-state index is 0.0741. The Balaban J connectivity index is 1.98. The molecule has 2 heterocycles. The highest BCUT2D eigenvalue weighted by molar-refractivity contribution is 5.83. The van der Waals surface area contributed by atoms with Gasteiger partial charge in [0.1, 0.15) is 18.1 Å². The zero-order valence-corrected chi connectivity index (χ0v) is 12.8. The molecule has 1 saturated heterocycles. The molecule has 1 aliphatic rings. The zero-order valence-electron chi connectivity index (χ0n) is 12.8. The molecule has 0 unspecified atom stereocenters.